The summed E-state index contributed by atoms with van der Waals surface area (Å²) in [4.78, 5) is 116. The first-order valence-electron chi connectivity index (χ1n) is 36.0. The highest BCUT2D eigenvalue weighted by atomic mass is 16.5. The molecule has 0 radical (unpaired) electrons. The summed E-state index contributed by atoms with van der Waals surface area (Å²) in [5.74, 6) is -3.06. The molecule has 25 nitrogen and oxygen atoms in total. The first kappa shape index (κ1) is 75.7. The summed E-state index contributed by atoms with van der Waals surface area (Å²) in [6, 6.07) is 32.4. The number of nitrogens with zero attached hydrogens (tertiary/aromatic N) is 5. The van der Waals surface area contributed by atoms with E-state index in [9.17, 15) is 38.4 Å². The number of nitrogens with one attached hydrogen (secondary N) is 9. The van der Waals surface area contributed by atoms with E-state index in [0.29, 0.717) is 161 Å². The summed E-state index contributed by atoms with van der Waals surface area (Å²) in [6.07, 6.45) is 9.32. The maximum absolute atomic E-state index is 14.8. The van der Waals surface area contributed by atoms with Crippen molar-refractivity contribution in [1.29, 1.82) is 0 Å². The fourth-order valence-electron chi connectivity index (χ4n) is 14.3. The second-order valence-corrected chi connectivity index (χ2v) is 26.5. The highest BCUT2D eigenvalue weighted by molar-refractivity contribution is 5.97. The summed E-state index contributed by atoms with van der Waals surface area (Å²) < 4.78 is 19.0. The van der Waals surface area contributed by atoms with Gasteiger partial charge in [0.05, 0.1) is 50.2 Å². The van der Waals surface area contributed by atoms with Crippen LogP contribution in [0.3, 0.4) is 0 Å². The Morgan fingerprint density at radius 3 is 1.55 bits per heavy atom. The van der Waals surface area contributed by atoms with Crippen molar-refractivity contribution in [2.75, 3.05) is 73.4 Å². The van der Waals surface area contributed by atoms with E-state index in [4.69, 9.17) is 14.2 Å². The molecule has 0 bridgehead atoms. The van der Waals surface area contributed by atoms with Crippen molar-refractivity contribution in [1.82, 2.24) is 72.6 Å². The van der Waals surface area contributed by atoms with Crippen molar-refractivity contribution >= 4 is 47.3 Å². The van der Waals surface area contributed by atoms with Crippen LogP contribution in [0.1, 0.15) is 137 Å². The van der Waals surface area contributed by atoms with Crippen molar-refractivity contribution in [3.63, 3.8) is 0 Å². The number of amides is 8. The lowest BCUT2D eigenvalue weighted by molar-refractivity contribution is -0.144. The number of aryl methyl sites for hydroxylation is 2. The average Bonchev–Trinajstić information content (AvgIpc) is 1.62. The molecule has 9 N–H and O–H groups in total. The summed E-state index contributed by atoms with van der Waals surface area (Å²) >= 11 is 0. The van der Waals surface area contributed by atoms with Crippen molar-refractivity contribution in [2.24, 2.45) is 11.8 Å². The van der Waals surface area contributed by atoms with Gasteiger partial charge in [-0.15, -0.1) is 5.10 Å². The summed E-state index contributed by atoms with van der Waals surface area (Å²) in [6.45, 7) is 8.25. The van der Waals surface area contributed by atoms with Gasteiger partial charge in [0.25, 0.3) is 0 Å². The van der Waals surface area contributed by atoms with E-state index in [1.807, 2.05) is 129 Å². The van der Waals surface area contributed by atoms with Crippen LogP contribution < -0.4 is 47.9 Å². The quantitative estimate of drug-likeness (QED) is 0.0247. The third-order valence-electron chi connectivity index (χ3n) is 19.8. The van der Waals surface area contributed by atoms with Crippen LogP contribution in [0.4, 0.5) is 0 Å². The molecule has 0 spiro atoms. The number of hydrogen-bond donors (Lipinski definition) is 9. The second-order valence-electron chi connectivity index (χ2n) is 26.5. The van der Waals surface area contributed by atoms with Gasteiger partial charge in [-0.3, -0.25) is 43.0 Å². The Balaban J connectivity index is 0.645. The van der Waals surface area contributed by atoms with Gasteiger partial charge < -0.3 is 71.9 Å². The molecule has 4 saturated heterocycles. The first-order valence-corrected chi connectivity index (χ1v) is 36.0. The van der Waals surface area contributed by atoms with Gasteiger partial charge in [0, 0.05) is 88.9 Å². The molecular formula is C75H104N14O11. The molecule has 540 valence electrons. The number of rotatable bonds is 39. The normalized spacial score (nSPS) is 21.4. The van der Waals surface area contributed by atoms with E-state index >= 15 is 0 Å². The number of likely N-dealkylation sites (N-methyl/N-ethyl adjacent to an activating group) is 2. The van der Waals surface area contributed by atoms with E-state index in [-0.39, 0.29) is 72.3 Å². The molecular weight excluding hydrogens is 1270 g/mol. The summed E-state index contributed by atoms with van der Waals surface area (Å²) in [5.41, 5.74) is 4.22. The number of benzene rings is 4. The van der Waals surface area contributed by atoms with Crippen molar-refractivity contribution in [2.45, 2.75) is 177 Å². The molecule has 100 heavy (non-hydrogen) atoms. The van der Waals surface area contributed by atoms with Gasteiger partial charge in [0.15, 0.2) is 0 Å². The Morgan fingerprint density at radius 1 is 0.540 bits per heavy atom. The highest BCUT2D eigenvalue weighted by Crippen LogP contribution is 2.37. The zero-order valence-corrected chi connectivity index (χ0v) is 58.5. The third kappa shape index (κ3) is 21.3. The monoisotopic (exact) mass is 1380 g/mol. The fourth-order valence-corrected chi connectivity index (χ4v) is 14.3. The van der Waals surface area contributed by atoms with Gasteiger partial charge in [-0.2, -0.15) is 0 Å². The number of aromatic nitrogens is 3. The first-order chi connectivity index (χ1) is 48.8. The largest absolute Gasteiger partial charge is 0.379 e. The number of carbonyl (C=O) groups is 8. The van der Waals surface area contributed by atoms with Crippen molar-refractivity contribution in [3.8, 4) is 0 Å². The van der Waals surface area contributed by atoms with Crippen LogP contribution in [0, 0.1) is 11.8 Å². The van der Waals surface area contributed by atoms with Crippen LogP contribution in [0.15, 0.2) is 128 Å². The molecule has 4 fully saturated rings. The number of hydrogen-bond acceptors (Lipinski definition) is 16. The molecule has 11 atom stereocenters. The van der Waals surface area contributed by atoms with Crippen molar-refractivity contribution < 1.29 is 52.6 Å². The van der Waals surface area contributed by atoms with Gasteiger partial charge >= 0.3 is 0 Å². The van der Waals surface area contributed by atoms with Crippen LogP contribution in [-0.4, -0.2) is 194 Å². The van der Waals surface area contributed by atoms with E-state index in [1.165, 1.54) is 0 Å². The zero-order chi connectivity index (χ0) is 70.6. The Kier molecular flexibility index (Phi) is 29.9. The second kappa shape index (κ2) is 39.5. The third-order valence-corrected chi connectivity index (χ3v) is 19.8. The molecule has 0 unspecified atom stereocenters. The fraction of sp³-hybridized carbons (Fsp3) is 0.547. The minimum Gasteiger partial charge on any atom is -0.379 e. The molecule has 9 rings (SSSR count). The summed E-state index contributed by atoms with van der Waals surface area (Å²) in [7, 11) is 3.43. The molecule has 8 amide bonds. The molecule has 4 aliphatic heterocycles. The van der Waals surface area contributed by atoms with Gasteiger partial charge in [0.1, 0.15) is 30.2 Å². The number of fused-ring (bicyclic) bond motifs is 2. The zero-order valence-electron chi connectivity index (χ0n) is 58.5. The molecule has 0 aliphatic carbocycles. The Labute approximate surface area is 587 Å². The molecule has 5 heterocycles. The van der Waals surface area contributed by atoms with Gasteiger partial charge in [0.2, 0.25) is 47.3 Å². The Hall–Kier alpha value is -8.46. The molecule has 4 aromatic carbocycles. The molecule has 0 saturated carbocycles. The Bertz CT molecular complexity index is 3340. The van der Waals surface area contributed by atoms with Crippen molar-refractivity contribution in [3.05, 3.63) is 155 Å². The number of ether oxygens (including phenoxy) is 3. The van der Waals surface area contributed by atoms with Crippen LogP contribution in [-0.2, 0) is 72.1 Å². The predicted octanol–water partition coefficient (Wildman–Crippen LogP) is 4.33. The standard InChI is InChI=1S/C75H104N14O11/c1-5-60(76-3)69(91)83-67-55(48-78-47-51-21-11-7-12-22-51)29-32-58-35-37-63(89(58)74(67)96)72(94)82-66(54-27-17-10-18-28-54)73(95)79-39-19-41-98-43-45-100-46-44-99-42-20-40-87-50-57(85-86-87)31-38-64(90)80-49-56-30-33-59-34-36-62(88(59)75(97)68(56)84-70(92)61(6-2)77-4)71(93)81-65(52-23-13-8-14-24-52)53-25-15-9-16-26-53/h7-18,21-28,50,55-56,58-63,65-68,76-78H,5-6,19-20,29-49H2,1-4H3,(H,79,95)(H,80,90)(H,81,93)(H,82,94)(H,83,91)(H,84,92)/t55-,56-,58+,59+,60+,61+,62+,63+,66+,67+,68+/m1/s1. The minimum absolute atomic E-state index is 0.145. The van der Waals surface area contributed by atoms with Crippen LogP contribution >= 0.6 is 0 Å². The van der Waals surface area contributed by atoms with Crippen LogP contribution in [0.2, 0.25) is 0 Å². The highest BCUT2D eigenvalue weighted by Gasteiger charge is 2.50. The summed E-state index contributed by atoms with van der Waals surface area (Å²) in [5, 5.41) is 36.5. The molecule has 25 heteroatoms. The maximum atomic E-state index is 14.8. The van der Waals surface area contributed by atoms with Crippen LogP contribution in [0.25, 0.3) is 0 Å². The van der Waals surface area contributed by atoms with E-state index in [2.05, 4.69) is 58.2 Å². The van der Waals surface area contributed by atoms with E-state index < -0.39 is 60.2 Å². The lowest BCUT2D eigenvalue weighted by Crippen LogP contribution is -2.59. The molecule has 5 aromatic rings. The lowest BCUT2D eigenvalue weighted by Gasteiger charge is -2.33. The van der Waals surface area contributed by atoms with Crippen LogP contribution in [0.5, 0.6) is 0 Å². The van der Waals surface area contributed by atoms with Gasteiger partial charge in [-0.25, -0.2) is 0 Å². The van der Waals surface area contributed by atoms with E-state index in [1.54, 1.807) is 40.7 Å². The van der Waals surface area contributed by atoms with Gasteiger partial charge in [-0.05, 0) is 113 Å². The average molecular weight is 1380 g/mol. The number of carbonyl (C=O) groups excluding carboxylic acids is 8. The maximum Gasteiger partial charge on any atom is 0.247 e. The Morgan fingerprint density at radius 2 is 1.02 bits per heavy atom. The minimum atomic E-state index is -1.01. The topological polar surface area (TPSA) is 310 Å². The predicted molar refractivity (Wildman–Crippen MR) is 377 cm³/mol. The molecule has 4 aliphatic rings. The lowest BCUT2D eigenvalue weighted by atomic mass is 9.92. The SMILES string of the molecule is CC[C@H](NC)C(=O)N[C@@H]1C(=O)N2[C@@H](CC[C@@H]1CNC(=O)CCc1cn(CCCOCCOCCOCCCNC(=O)[C@@H](NC(=O)[C@@H]3CC[C@@H]4CC[C@H](CNCc5ccccc5)[C@H](NC(=O)[C@H](CC)NC)C(=O)N43)c3ccccc3)nn1)CC[C@H]2C(=O)NC(c1ccccc1)c1ccccc1. The molecule has 1 aromatic heterocycles. The smallest absolute Gasteiger partial charge is 0.247 e. The van der Waals surface area contributed by atoms with E-state index in [0.717, 1.165) is 16.7 Å². The van der Waals surface area contributed by atoms with Gasteiger partial charge in [-0.1, -0.05) is 140 Å².